The molecule has 1 amide bonds. The number of hydrogen-bond acceptors (Lipinski definition) is 4. The van der Waals surface area contributed by atoms with Crippen molar-refractivity contribution in [3.8, 4) is 11.4 Å². The van der Waals surface area contributed by atoms with Gasteiger partial charge in [-0.2, -0.15) is 4.98 Å². The lowest BCUT2D eigenvalue weighted by atomic mass is 9.96. The molecule has 152 valence electrons. The second-order valence-electron chi connectivity index (χ2n) is 8.02. The van der Waals surface area contributed by atoms with Crippen LogP contribution in [-0.4, -0.2) is 39.0 Å². The SMILES string of the molecule is Cc1[nH]c2ccc(C(=O)N3CCC(c4nc(-c5ccccc5)no4)CC3)cc2c1C. The zero-order chi connectivity index (χ0) is 20.7. The number of aryl methyl sites for hydroxylation is 2. The molecule has 2 aromatic carbocycles. The van der Waals surface area contributed by atoms with Gasteiger partial charge in [0.05, 0.1) is 0 Å². The minimum atomic E-state index is 0.0871. The van der Waals surface area contributed by atoms with E-state index >= 15 is 0 Å². The minimum absolute atomic E-state index is 0.0871. The maximum Gasteiger partial charge on any atom is 0.253 e. The molecule has 0 saturated carbocycles. The van der Waals surface area contributed by atoms with E-state index in [1.165, 1.54) is 5.56 Å². The fourth-order valence-corrected chi connectivity index (χ4v) is 4.21. The number of hydrogen-bond donors (Lipinski definition) is 1. The summed E-state index contributed by atoms with van der Waals surface area (Å²) in [7, 11) is 0. The third-order valence-corrected chi connectivity index (χ3v) is 6.16. The third-order valence-electron chi connectivity index (χ3n) is 6.16. The van der Waals surface area contributed by atoms with Crippen LogP contribution in [-0.2, 0) is 0 Å². The average molecular weight is 400 g/mol. The van der Waals surface area contributed by atoms with Crippen molar-refractivity contribution in [1.29, 1.82) is 0 Å². The maximum absolute atomic E-state index is 13.1. The van der Waals surface area contributed by atoms with E-state index < -0.39 is 0 Å². The highest BCUT2D eigenvalue weighted by molar-refractivity contribution is 5.99. The lowest BCUT2D eigenvalue weighted by molar-refractivity contribution is 0.0704. The van der Waals surface area contributed by atoms with Crippen LogP contribution in [0.4, 0.5) is 0 Å². The van der Waals surface area contributed by atoms with Gasteiger partial charge in [0.1, 0.15) is 0 Å². The van der Waals surface area contributed by atoms with E-state index in [1.807, 2.05) is 53.4 Å². The van der Waals surface area contributed by atoms with Crippen LogP contribution in [0.1, 0.15) is 46.3 Å². The van der Waals surface area contributed by atoms with Crippen molar-refractivity contribution in [3.05, 3.63) is 71.2 Å². The normalized spacial score (nSPS) is 15.1. The summed E-state index contributed by atoms with van der Waals surface area (Å²) < 4.78 is 5.53. The van der Waals surface area contributed by atoms with Gasteiger partial charge in [0.2, 0.25) is 11.7 Å². The van der Waals surface area contributed by atoms with E-state index in [4.69, 9.17) is 4.52 Å². The molecule has 1 N–H and O–H groups in total. The molecule has 2 aromatic heterocycles. The summed E-state index contributed by atoms with van der Waals surface area (Å²) in [5, 5.41) is 5.25. The van der Waals surface area contributed by atoms with E-state index in [2.05, 4.69) is 29.0 Å². The Morgan fingerprint density at radius 3 is 2.63 bits per heavy atom. The first kappa shape index (κ1) is 18.6. The van der Waals surface area contributed by atoms with Gasteiger partial charge in [0, 0.05) is 46.7 Å². The molecule has 1 aliphatic heterocycles. The zero-order valence-electron chi connectivity index (χ0n) is 17.2. The Kier molecular flexibility index (Phi) is 4.62. The summed E-state index contributed by atoms with van der Waals surface area (Å²) in [5.41, 5.74) is 5.11. The molecule has 0 atom stereocenters. The standard InChI is InChI=1S/C24H24N4O2/c1-15-16(2)25-21-9-8-19(14-20(15)21)24(29)28-12-10-18(11-13-28)23-26-22(27-30-23)17-6-4-3-5-7-17/h3-9,14,18,25H,10-13H2,1-2H3. The fraction of sp³-hybridized carbons (Fsp3) is 0.292. The molecule has 1 saturated heterocycles. The number of nitrogens with one attached hydrogen (secondary N) is 1. The molecular formula is C24H24N4O2. The minimum Gasteiger partial charge on any atom is -0.358 e. The van der Waals surface area contributed by atoms with Gasteiger partial charge in [0.25, 0.3) is 5.91 Å². The van der Waals surface area contributed by atoms with Gasteiger partial charge in [-0.1, -0.05) is 35.5 Å². The van der Waals surface area contributed by atoms with Gasteiger partial charge in [-0.15, -0.1) is 0 Å². The first-order chi connectivity index (χ1) is 14.6. The Hall–Kier alpha value is -3.41. The van der Waals surface area contributed by atoms with Crippen molar-refractivity contribution in [3.63, 3.8) is 0 Å². The van der Waals surface area contributed by atoms with Crippen LogP contribution < -0.4 is 0 Å². The Morgan fingerprint density at radius 2 is 1.87 bits per heavy atom. The number of carbonyl (C=O) groups is 1. The number of aromatic amines is 1. The second kappa shape index (κ2) is 7.44. The molecule has 0 unspecified atom stereocenters. The molecule has 3 heterocycles. The average Bonchev–Trinajstić information content (AvgIpc) is 3.39. The third kappa shape index (κ3) is 3.28. The van der Waals surface area contributed by atoms with Crippen LogP contribution in [0.5, 0.6) is 0 Å². The Balaban J connectivity index is 1.27. The summed E-state index contributed by atoms with van der Waals surface area (Å²) >= 11 is 0. The summed E-state index contributed by atoms with van der Waals surface area (Å²) in [6.45, 7) is 5.52. The summed E-state index contributed by atoms with van der Waals surface area (Å²) in [6, 6.07) is 15.8. The van der Waals surface area contributed by atoms with E-state index in [9.17, 15) is 4.79 Å². The number of fused-ring (bicyclic) bond motifs is 1. The van der Waals surface area contributed by atoms with Gasteiger partial charge < -0.3 is 14.4 Å². The van der Waals surface area contributed by atoms with E-state index in [0.717, 1.165) is 40.6 Å². The number of piperidine rings is 1. The van der Waals surface area contributed by atoms with Crippen LogP contribution in [0, 0.1) is 13.8 Å². The molecule has 0 aliphatic carbocycles. The Morgan fingerprint density at radius 1 is 1.10 bits per heavy atom. The molecule has 30 heavy (non-hydrogen) atoms. The number of benzene rings is 2. The number of rotatable bonds is 3. The van der Waals surface area contributed by atoms with Crippen LogP contribution in [0.3, 0.4) is 0 Å². The quantitative estimate of drug-likeness (QED) is 0.533. The predicted octanol–water partition coefficient (Wildman–Crippen LogP) is 4.85. The molecule has 4 aromatic rings. The van der Waals surface area contributed by atoms with Gasteiger partial charge in [-0.05, 0) is 50.5 Å². The topological polar surface area (TPSA) is 75.0 Å². The van der Waals surface area contributed by atoms with E-state index in [1.54, 1.807) is 0 Å². The largest absolute Gasteiger partial charge is 0.358 e. The van der Waals surface area contributed by atoms with E-state index in [-0.39, 0.29) is 11.8 Å². The molecule has 5 rings (SSSR count). The molecule has 1 aliphatic rings. The van der Waals surface area contributed by atoms with Crippen LogP contribution >= 0.6 is 0 Å². The number of nitrogens with zero attached hydrogens (tertiary/aromatic N) is 3. The lowest BCUT2D eigenvalue weighted by Gasteiger charge is -2.30. The first-order valence-electron chi connectivity index (χ1n) is 10.4. The maximum atomic E-state index is 13.1. The van der Waals surface area contributed by atoms with E-state index in [0.29, 0.717) is 24.8 Å². The molecule has 1 fully saturated rings. The zero-order valence-corrected chi connectivity index (χ0v) is 17.2. The van der Waals surface area contributed by atoms with Crippen molar-refractivity contribution in [2.24, 2.45) is 0 Å². The molecule has 0 spiro atoms. The second-order valence-corrected chi connectivity index (χ2v) is 8.02. The number of aromatic nitrogens is 3. The highest BCUT2D eigenvalue weighted by atomic mass is 16.5. The van der Waals surface area contributed by atoms with Crippen molar-refractivity contribution in [2.45, 2.75) is 32.6 Å². The number of H-pyrrole nitrogens is 1. The Labute approximate surface area is 174 Å². The van der Waals surface area contributed by atoms with Crippen molar-refractivity contribution >= 4 is 16.8 Å². The van der Waals surface area contributed by atoms with Gasteiger partial charge in [-0.3, -0.25) is 4.79 Å². The number of carbonyl (C=O) groups excluding carboxylic acids is 1. The number of amides is 1. The molecule has 0 bridgehead atoms. The first-order valence-corrected chi connectivity index (χ1v) is 10.4. The van der Waals surface area contributed by atoms with Crippen molar-refractivity contribution in [2.75, 3.05) is 13.1 Å². The molecule has 6 nitrogen and oxygen atoms in total. The lowest BCUT2D eigenvalue weighted by Crippen LogP contribution is -2.38. The molecule has 6 heteroatoms. The monoisotopic (exact) mass is 400 g/mol. The smallest absolute Gasteiger partial charge is 0.253 e. The van der Waals surface area contributed by atoms with Gasteiger partial charge >= 0.3 is 0 Å². The highest BCUT2D eigenvalue weighted by Crippen LogP contribution is 2.30. The highest BCUT2D eigenvalue weighted by Gasteiger charge is 2.28. The summed E-state index contributed by atoms with van der Waals surface area (Å²) in [4.78, 5) is 22.9. The molecular weight excluding hydrogens is 376 g/mol. The van der Waals surface area contributed by atoms with Crippen molar-refractivity contribution in [1.82, 2.24) is 20.0 Å². The Bertz CT molecular complexity index is 1200. The summed E-state index contributed by atoms with van der Waals surface area (Å²) in [6.07, 6.45) is 1.65. The summed E-state index contributed by atoms with van der Waals surface area (Å²) in [5.74, 6) is 1.57. The van der Waals surface area contributed by atoms with Crippen LogP contribution in [0.2, 0.25) is 0 Å². The van der Waals surface area contributed by atoms with Gasteiger partial charge in [0.15, 0.2) is 0 Å². The van der Waals surface area contributed by atoms with Crippen LogP contribution in [0.15, 0.2) is 53.1 Å². The molecule has 0 radical (unpaired) electrons. The number of likely N-dealkylation sites (tertiary alicyclic amines) is 1. The predicted molar refractivity (Wildman–Crippen MR) is 115 cm³/mol. The van der Waals surface area contributed by atoms with Crippen LogP contribution in [0.25, 0.3) is 22.3 Å². The van der Waals surface area contributed by atoms with Crippen molar-refractivity contribution < 1.29 is 9.32 Å². The fourth-order valence-electron chi connectivity index (χ4n) is 4.21. The van der Waals surface area contributed by atoms with Gasteiger partial charge in [-0.25, -0.2) is 0 Å².